The highest BCUT2D eigenvalue weighted by molar-refractivity contribution is 8.45. The number of carbonyl (C=O) groups excluding carboxylic acids is 1. The molecule has 0 amide bonds. The third kappa shape index (κ3) is 2.88. The zero-order valence-corrected chi connectivity index (χ0v) is 11.9. The van der Waals surface area contributed by atoms with Gasteiger partial charge in [-0.25, -0.2) is 4.99 Å². The molecule has 1 aromatic rings. The maximum atomic E-state index is 11.6. The number of rotatable bonds is 1. The van der Waals surface area contributed by atoms with Crippen molar-refractivity contribution in [3.8, 4) is 0 Å². The van der Waals surface area contributed by atoms with Crippen LogP contribution in [0.3, 0.4) is 0 Å². The molecule has 0 spiro atoms. The van der Waals surface area contributed by atoms with E-state index in [1.165, 1.54) is 11.8 Å². The van der Waals surface area contributed by atoms with Crippen LogP contribution in [-0.2, 0) is 4.79 Å². The van der Waals surface area contributed by atoms with Crippen molar-refractivity contribution in [3.63, 3.8) is 0 Å². The van der Waals surface area contributed by atoms with Gasteiger partial charge >= 0.3 is 0 Å². The van der Waals surface area contributed by atoms with Gasteiger partial charge in [-0.2, -0.15) is 0 Å². The first-order chi connectivity index (χ1) is 8.11. The van der Waals surface area contributed by atoms with Crippen molar-refractivity contribution in [1.29, 1.82) is 0 Å². The molecule has 0 unspecified atom stereocenters. The van der Waals surface area contributed by atoms with Crippen molar-refractivity contribution in [1.82, 2.24) is 0 Å². The number of benzene rings is 1. The van der Waals surface area contributed by atoms with Crippen molar-refractivity contribution in [2.75, 3.05) is 6.26 Å². The smallest absolute Gasteiger partial charge is 0.244 e. The van der Waals surface area contributed by atoms with Crippen molar-refractivity contribution >= 4 is 62.3 Å². The van der Waals surface area contributed by atoms with Crippen molar-refractivity contribution in [2.45, 2.75) is 0 Å². The topological polar surface area (TPSA) is 29.4 Å². The molecule has 0 bridgehead atoms. The van der Waals surface area contributed by atoms with E-state index in [0.29, 0.717) is 21.3 Å². The molecule has 1 aromatic carbocycles. The summed E-state index contributed by atoms with van der Waals surface area (Å²) in [6.45, 7) is 0. The van der Waals surface area contributed by atoms with Crippen LogP contribution in [0.5, 0.6) is 0 Å². The number of hydrogen-bond donors (Lipinski definition) is 0. The Labute approximate surface area is 117 Å². The van der Waals surface area contributed by atoms with Crippen LogP contribution in [0.15, 0.2) is 28.9 Å². The molecule has 6 heteroatoms. The number of thioether (sulfide) groups is 2. The lowest BCUT2D eigenvalue weighted by molar-refractivity contribution is -0.107. The molecule has 17 heavy (non-hydrogen) atoms. The minimum atomic E-state index is -0.0645. The summed E-state index contributed by atoms with van der Waals surface area (Å²) in [5, 5.41) is 0.839. The molecular weight excluding hydrogens is 297 g/mol. The standard InChI is InChI=1S/C11H7Cl2NOS2/c1-16-11-14-8(10(15)17-11)5-6-3-2-4-7(12)9(6)13/h2-5H,1H3/b8-5-. The van der Waals surface area contributed by atoms with Gasteiger partial charge in [-0.3, -0.25) is 4.79 Å². The van der Waals surface area contributed by atoms with Crippen LogP contribution < -0.4 is 0 Å². The lowest BCUT2D eigenvalue weighted by atomic mass is 10.2. The minimum absolute atomic E-state index is 0.0645. The average Bonchev–Trinajstić information content (AvgIpc) is 2.66. The molecule has 0 saturated carbocycles. The van der Waals surface area contributed by atoms with Crippen LogP contribution in [0.4, 0.5) is 0 Å². The van der Waals surface area contributed by atoms with Crippen molar-refractivity contribution < 1.29 is 4.79 Å². The van der Waals surface area contributed by atoms with Gasteiger partial charge in [0.05, 0.1) is 10.0 Å². The van der Waals surface area contributed by atoms with E-state index in [4.69, 9.17) is 23.2 Å². The first kappa shape index (κ1) is 13.0. The quantitative estimate of drug-likeness (QED) is 0.723. The molecule has 0 radical (unpaired) electrons. The van der Waals surface area contributed by atoms with Gasteiger partial charge in [0.25, 0.3) is 0 Å². The Kier molecular flexibility index (Phi) is 4.20. The zero-order valence-electron chi connectivity index (χ0n) is 8.74. The van der Waals surface area contributed by atoms with E-state index < -0.39 is 0 Å². The predicted molar refractivity (Wildman–Crippen MR) is 78.0 cm³/mol. The predicted octanol–water partition coefficient (Wildman–Crippen LogP) is 4.33. The molecule has 1 aliphatic heterocycles. The number of nitrogens with zero attached hydrogens (tertiary/aromatic N) is 1. The Morgan fingerprint density at radius 2 is 2.18 bits per heavy atom. The SMILES string of the molecule is CSC1=N/C(=C\c2cccc(Cl)c2Cl)C(=O)S1. The number of carbonyl (C=O) groups is 1. The molecule has 0 saturated heterocycles. The van der Waals surface area contributed by atoms with Crippen LogP contribution in [0.1, 0.15) is 5.56 Å². The number of hydrogen-bond acceptors (Lipinski definition) is 4. The van der Waals surface area contributed by atoms with E-state index in [1.807, 2.05) is 6.26 Å². The number of halogens is 2. The molecule has 0 N–H and O–H groups in total. The molecule has 2 nitrogen and oxygen atoms in total. The van der Waals surface area contributed by atoms with E-state index in [0.717, 1.165) is 16.1 Å². The van der Waals surface area contributed by atoms with Crippen LogP contribution in [0.2, 0.25) is 10.0 Å². The van der Waals surface area contributed by atoms with Gasteiger partial charge in [0.2, 0.25) is 5.12 Å². The van der Waals surface area contributed by atoms with Gasteiger partial charge in [0.15, 0.2) is 0 Å². The van der Waals surface area contributed by atoms with Gasteiger partial charge in [-0.1, -0.05) is 35.3 Å². The van der Waals surface area contributed by atoms with Crippen LogP contribution in [0, 0.1) is 0 Å². The highest BCUT2D eigenvalue weighted by atomic mass is 35.5. The normalized spacial score (nSPS) is 17.7. The first-order valence-electron chi connectivity index (χ1n) is 4.62. The summed E-state index contributed by atoms with van der Waals surface area (Å²) in [4.78, 5) is 15.8. The Morgan fingerprint density at radius 1 is 1.41 bits per heavy atom. The largest absolute Gasteiger partial charge is 0.279 e. The molecule has 0 aliphatic carbocycles. The third-order valence-electron chi connectivity index (χ3n) is 2.05. The highest BCUT2D eigenvalue weighted by Crippen LogP contribution is 2.32. The summed E-state index contributed by atoms with van der Waals surface area (Å²) in [5.41, 5.74) is 1.11. The molecule has 1 heterocycles. The summed E-state index contributed by atoms with van der Waals surface area (Å²) in [5.74, 6) is 0. The maximum absolute atomic E-state index is 11.6. The molecule has 0 atom stereocenters. The Balaban J connectivity index is 2.40. The van der Waals surface area contributed by atoms with Gasteiger partial charge in [0.1, 0.15) is 10.1 Å². The fourth-order valence-corrected chi connectivity index (χ4v) is 2.88. The second-order valence-electron chi connectivity index (χ2n) is 3.14. The molecule has 1 aliphatic rings. The van der Waals surface area contributed by atoms with Crippen LogP contribution in [-0.4, -0.2) is 15.7 Å². The lowest BCUT2D eigenvalue weighted by Gasteiger charge is -2.00. The first-order valence-corrected chi connectivity index (χ1v) is 7.42. The summed E-state index contributed by atoms with van der Waals surface area (Å²) in [7, 11) is 0. The van der Waals surface area contributed by atoms with E-state index in [1.54, 1.807) is 24.3 Å². The minimum Gasteiger partial charge on any atom is -0.279 e. The van der Waals surface area contributed by atoms with E-state index in [9.17, 15) is 4.79 Å². The van der Waals surface area contributed by atoms with E-state index >= 15 is 0 Å². The Morgan fingerprint density at radius 3 is 2.82 bits per heavy atom. The van der Waals surface area contributed by atoms with Crippen LogP contribution >= 0.6 is 46.7 Å². The fourth-order valence-electron chi connectivity index (χ4n) is 1.26. The van der Waals surface area contributed by atoms with Gasteiger partial charge in [0, 0.05) is 0 Å². The van der Waals surface area contributed by atoms with E-state index in [2.05, 4.69) is 4.99 Å². The second-order valence-corrected chi connectivity index (χ2v) is 5.94. The Bertz CT molecular complexity index is 540. The highest BCUT2D eigenvalue weighted by Gasteiger charge is 2.21. The molecule has 88 valence electrons. The van der Waals surface area contributed by atoms with E-state index in [-0.39, 0.29) is 5.12 Å². The zero-order chi connectivity index (χ0) is 12.4. The number of aliphatic imine (C=N–C) groups is 1. The fraction of sp³-hybridized carbons (Fsp3) is 0.0909. The van der Waals surface area contributed by atoms with Crippen LogP contribution in [0.25, 0.3) is 6.08 Å². The molecule has 0 fully saturated rings. The molecule has 0 aromatic heterocycles. The summed E-state index contributed by atoms with van der Waals surface area (Å²) < 4.78 is 0.749. The third-order valence-corrected chi connectivity index (χ3v) is 4.73. The van der Waals surface area contributed by atoms with Gasteiger partial charge in [-0.05, 0) is 35.7 Å². The lowest BCUT2D eigenvalue weighted by Crippen LogP contribution is -1.88. The van der Waals surface area contributed by atoms with Crippen molar-refractivity contribution in [3.05, 3.63) is 39.5 Å². The average molecular weight is 304 g/mol. The summed E-state index contributed by atoms with van der Waals surface area (Å²) in [6.07, 6.45) is 3.54. The van der Waals surface area contributed by atoms with Crippen molar-refractivity contribution in [2.24, 2.45) is 4.99 Å². The summed E-state index contributed by atoms with van der Waals surface area (Å²) >= 11 is 14.5. The summed E-state index contributed by atoms with van der Waals surface area (Å²) in [6, 6.07) is 5.28. The second kappa shape index (κ2) is 5.48. The monoisotopic (exact) mass is 303 g/mol. The Hall–Kier alpha value is -0.420. The molecular formula is C11H7Cl2NOS2. The molecule has 2 rings (SSSR count). The maximum Gasteiger partial charge on any atom is 0.244 e. The van der Waals surface area contributed by atoms with Gasteiger partial charge in [-0.15, -0.1) is 11.8 Å². The van der Waals surface area contributed by atoms with Gasteiger partial charge < -0.3 is 0 Å².